The van der Waals surface area contributed by atoms with E-state index in [2.05, 4.69) is 19.8 Å². The van der Waals surface area contributed by atoms with Gasteiger partial charge in [-0.25, -0.2) is 15.4 Å². The number of carbonyl (C=O) groups is 2. The van der Waals surface area contributed by atoms with E-state index in [1.165, 1.54) is 0 Å². The number of carbonyl (C=O) groups excluding carboxylic acids is 2. The maximum atomic E-state index is 13.2. The van der Waals surface area contributed by atoms with Gasteiger partial charge in [0, 0.05) is 5.56 Å². The van der Waals surface area contributed by atoms with Crippen LogP contribution in [0.1, 0.15) is 60.5 Å². The largest absolute Gasteiger partial charge is 0.510 e. The van der Waals surface area contributed by atoms with Gasteiger partial charge in [-0.1, -0.05) is 54.6 Å². The van der Waals surface area contributed by atoms with Crippen molar-refractivity contribution in [2.45, 2.75) is 45.6 Å². The molecule has 0 aliphatic heterocycles. The molecule has 1 aromatic heterocycles. The first-order valence-electron chi connectivity index (χ1n) is 17.3. The zero-order valence-electron chi connectivity index (χ0n) is 30.1. The number of hydrogen-bond acceptors (Lipinski definition) is 16. The third kappa shape index (κ3) is 12.7. The lowest BCUT2D eigenvalue weighted by molar-refractivity contribution is -0.757. The normalized spacial score (nSPS) is 11.1. The molecule has 4 N–H and O–H groups in total. The fourth-order valence-electron chi connectivity index (χ4n) is 5.29. The maximum absolute atomic E-state index is 13.2. The molecule has 0 fully saturated rings. The van der Waals surface area contributed by atoms with Gasteiger partial charge in [0.05, 0.1) is 56.2 Å². The van der Waals surface area contributed by atoms with Gasteiger partial charge in [0.2, 0.25) is 0 Å². The average molecular weight is 767 g/mol. The smallest absolute Gasteiger partial charge is 0.465 e. The molecular weight excluding hydrogens is 724 g/mol. The molecule has 0 saturated carbocycles. The summed E-state index contributed by atoms with van der Waals surface area (Å²) >= 11 is 0. The van der Waals surface area contributed by atoms with Crippen molar-refractivity contribution in [3.8, 4) is 17.1 Å². The van der Waals surface area contributed by atoms with Gasteiger partial charge in [0.25, 0.3) is 16.2 Å². The van der Waals surface area contributed by atoms with E-state index >= 15 is 0 Å². The molecule has 0 aliphatic rings. The van der Waals surface area contributed by atoms with E-state index < -0.39 is 29.0 Å². The third-order valence-electron chi connectivity index (χ3n) is 7.76. The van der Waals surface area contributed by atoms with Crippen LogP contribution in [0.25, 0.3) is 22.2 Å². The van der Waals surface area contributed by atoms with Gasteiger partial charge in [0.1, 0.15) is 0 Å². The van der Waals surface area contributed by atoms with Gasteiger partial charge in [-0.3, -0.25) is 4.57 Å². The fraction of sp³-hybridized carbons (Fsp3) is 0.371. The predicted molar refractivity (Wildman–Crippen MR) is 195 cm³/mol. The van der Waals surface area contributed by atoms with E-state index in [-0.39, 0.29) is 32.3 Å². The Morgan fingerprint density at radius 2 is 1.45 bits per heavy atom. The van der Waals surface area contributed by atoms with E-state index in [1.54, 1.807) is 34.9 Å². The van der Waals surface area contributed by atoms with Crippen molar-refractivity contribution in [2.24, 2.45) is 16.7 Å². The minimum atomic E-state index is -0.963. The highest BCUT2D eigenvalue weighted by molar-refractivity contribution is 6.03. The molecule has 1 heterocycles. The Morgan fingerprint density at radius 1 is 0.818 bits per heavy atom. The average Bonchev–Trinajstić information content (AvgIpc) is 3.51. The van der Waals surface area contributed by atoms with E-state index in [0.717, 1.165) is 21.8 Å². The summed E-state index contributed by atoms with van der Waals surface area (Å²) in [5.74, 6) is 5.41. The van der Waals surface area contributed by atoms with Crippen molar-refractivity contribution < 1.29 is 48.4 Å². The summed E-state index contributed by atoms with van der Waals surface area (Å²) in [6.45, 7) is 2.04. The van der Waals surface area contributed by atoms with Crippen LogP contribution in [-0.4, -0.2) is 82.6 Å². The topological polar surface area (TPSA) is 261 Å². The number of benzene rings is 3. The summed E-state index contributed by atoms with van der Waals surface area (Å²) in [6.07, 6.45) is 1.23. The molecule has 3 aromatic carbocycles. The number of hydrogen-bond donors (Lipinski definition) is 2. The molecule has 0 atom stereocenters. The molecule has 55 heavy (non-hydrogen) atoms. The third-order valence-corrected chi connectivity index (χ3v) is 7.76. The lowest BCUT2D eigenvalue weighted by Gasteiger charge is -2.15. The van der Waals surface area contributed by atoms with Crippen molar-refractivity contribution in [1.29, 1.82) is 0 Å². The van der Waals surface area contributed by atoms with Crippen LogP contribution in [0, 0.1) is 20.2 Å². The summed E-state index contributed by atoms with van der Waals surface area (Å²) in [6, 6.07) is 20.4. The standard InChI is InChI=1S/C35H42N8O12/c1-2-50-34-38-30-14-10-13-29(33(44)51-19-8-9-22-55-43(48)49)31(30)40(34)23-25-15-17-26(18-16-25)27-11-4-5-12-28(27)32(36)39-41(37)24-53-35(45)52-20-6-3-7-21-54-42(46)47/h4-5,10-18H,2-3,6-9,19-24,37H2,1H3,(H2,36,39). The Hall–Kier alpha value is -6.70. The number of esters is 1. The first-order valence-corrected chi connectivity index (χ1v) is 17.3. The molecule has 4 rings (SSSR count). The second-order valence-electron chi connectivity index (χ2n) is 11.6. The second-order valence-corrected chi connectivity index (χ2v) is 11.6. The molecule has 0 unspecified atom stereocenters. The molecule has 20 nitrogen and oxygen atoms in total. The summed E-state index contributed by atoms with van der Waals surface area (Å²) in [7, 11) is 0. The number of hydrazone groups is 1. The molecule has 0 amide bonds. The summed E-state index contributed by atoms with van der Waals surface area (Å²) < 4.78 is 23.1. The lowest BCUT2D eigenvalue weighted by Crippen LogP contribution is -2.33. The minimum Gasteiger partial charge on any atom is -0.465 e. The minimum absolute atomic E-state index is 0.0339. The molecule has 0 saturated heterocycles. The lowest BCUT2D eigenvalue weighted by atomic mass is 9.98. The van der Waals surface area contributed by atoms with Crippen LogP contribution in [0.15, 0.2) is 71.8 Å². The summed E-state index contributed by atoms with van der Waals surface area (Å²) in [4.78, 5) is 58.7. The number of fused-ring (bicyclic) bond motifs is 1. The Balaban J connectivity index is 1.40. The van der Waals surface area contributed by atoms with E-state index in [0.29, 0.717) is 73.4 Å². The van der Waals surface area contributed by atoms with Crippen molar-refractivity contribution >= 4 is 29.0 Å². The van der Waals surface area contributed by atoms with Crippen LogP contribution in [0.4, 0.5) is 4.79 Å². The van der Waals surface area contributed by atoms with Crippen LogP contribution >= 0.6 is 0 Å². The number of nitrogens with zero attached hydrogens (tertiary/aromatic N) is 6. The van der Waals surface area contributed by atoms with Crippen LogP contribution in [-0.2, 0) is 30.4 Å². The van der Waals surface area contributed by atoms with Gasteiger partial charge >= 0.3 is 12.1 Å². The molecule has 0 aliphatic carbocycles. The summed E-state index contributed by atoms with van der Waals surface area (Å²) in [5.41, 5.74) is 10.7. The first-order chi connectivity index (χ1) is 26.6. The number of hydrazine groups is 1. The van der Waals surface area contributed by atoms with Crippen LogP contribution in [0.3, 0.4) is 0 Å². The quantitative estimate of drug-likeness (QED) is 0.0153. The van der Waals surface area contributed by atoms with Gasteiger partial charge in [-0.15, -0.1) is 25.3 Å². The van der Waals surface area contributed by atoms with Crippen molar-refractivity contribution in [3.05, 3.63) is 104 Å². The number of para-hydroxylation sites is 1. The Kier molecular flexibility index (Phi) is 15.8. The van der Waals surface area contributed by atoms with Crippen molar-refractivity contribution in [3.63, 3.8) is 0 Å². The number of rotatable bonds is 23. The number of nitrogens with two attached hydrogens (primary N) is 2. The molecule has 294 valence electrons. The van der Waals surface area contributed by atoms with Crippen LogP contribution < -0.4 is 16.3 Å². The Morgan fingerprint density at radius 3 is 2.16 bits per heavy atom. The van der Waals surface area contributed by atoms with Gasteiger partial charge in [-0.05, 0) is 67.9 Å². The molecule has 0 bridgehead atoms. The summed E-state index contributed by atoms with van der Waals surface area (Å²) in [5, 5.41) is 23.8. The number of amidine groups is 1. The molecule has 0 radical (unpaired) electrons. The molecule has 4 aromatic rings. The van der Waals surface area contributed by atoms with E-state index in [1.807, 2.05) is 43.3 Å². The Bertz CT molecular complexity index is 1940. The second kappa shape index (κ2) is 21.1. The Labute approximate surface area is 314 Å². The monoisotopic (exact) mass is 766 g/mol. The van der Waals surface area contributed by atoms with Gasteiger partial charge in [-0.2, -0.15) is 10.1 Å². The van der Waals surface area contributed by atoms with E-state index in [9.17, 15) is 29.8 Å². The molecular formula is C35H42N8O12. The number of aromatic nitrogens is 2. The molecule has 0 spiro atoms. The van der Waals surface area contributed by atoms with Crippen LogP contribution in [0.5, 0.6) is 6.01 Å². The highest BCUT2D eigenvalue weighted by Crippen LogP contribution is 2.29. The highest BCUT2D eigenvalue weighted by atomic mass is 17.0. The van der Waals surface area contributed by atoms with Gasteiger partial charge < -0.3 is 34.4 Å². The fourth-order valence-corrected chi connectivity index (χ4v) is 5.29. The highest BCUT2D eigenvalue weighted by Gasteiger charge is 2.21. The SMILES string of the molecule is CCOc1nc2cccc(C(=O)OCCCCO[N+](=O)[O-])c2n1Cc1ccc(-c2ccccc2/C(N)=N/N(N)COC(=O)OCCCCCO[N+](=O)[O-])cc1. The maximum Gasteiger partial charge on any atom is 0.510 e. The zero-order valence-corrected chi connectivity index (χ0v) is 30.1. The number of ether oxygens (including phenoxy) is 4. The van der Waals surface area contributed by atoms with E-state index in [4.69, 9.17) is 30.5 Å². The number of unbranched alkanes of at least 4 members (excludes halogenated alkanes) is 3. The molecule has 20 heteroatoms. The van der Waals surface area contributed by atoms with Crippen molar-refractivity contribution in [2.75, 3.05) is 39.8 Å². The first kappa shape index (κ1) is 41.1. The van der Waals surface area contributed by atoms with Crippen molar-refractivity contribution in [1.82, 2.24) is 14.7 Å². The number of imidazole rings is 1. The van der Waals surface area contributed by atoms with Gasteiger partial charge in [0.15, 0.2) is 12.6 Å². The predicted octanol–water partition coefficient (Wildman–Crippen LogP) is 4.58. The zero-order chi connectivity index (χ0) is 39.6. The van der Waals surface area contributed by atoms with Crippen LogP contribution in [0.2, 0.25) is 0 Å².